The fraction of sp³-hybridized carbons (Fsp3) is 0.0943. The van der Waals surface area contributed by atoms with Crippen LogP contribution >= 0.6 is 0 Å². The normalized spacial score (nSPS) is 16.1. The van der Waals surface area contributed by atoms with Gasteiger partial charge < -0.3 is 14.4 Å². The van der Waals surface area contributed by atoms with E-state index < -0.39 is 0 Å². The minimum atomic E-state index is -0.249. The lowest BCUT2D eigenvalue weighted by Crippen LogP contribution is -2.61. The van der Waals surface area contributed by atoms with Gasteiger partial charge in [0.2, 0.25) is 0 Å². The van der Waals surface area contributed by atoms with Gasteiger partial charge in [-0.05, 0) is 186 Å². The van der Waals surface area contributed by atoms with E-state index in [0.29, 0.717) is 0 Å². The van der Waals surface area contributed by atoms with Crippen molar-refractivity contribution in [1.82, 2.24) is 4.57 Å². The molecule has 1 aromatic heterocycles. The van der Waals surface area contributed by atoms with E-state index >= 15 is 0 Å². The number of aromatic nitrogens is 1. The van der Waals surface area contributed by atoms with Crippen molar-refractivity contribution in [2.24, 2.45) is 17.3 Å². The van der Waals surface area contributed by atoms with Crippen LogP contribution in [0.15, 0.2) is 380 Å². The van der Waals surface area contributed by atoms with Crippen LogP contribution in [0.25, 0.3) is 121 Å². The van der Waals surface area contributed by atoms with Crippen molar-refractivity contribution in [3.63, 3.8) is 0 Å². The largest absolute Gasteiger partial charge is 0.310 e. The second-order valence-electron chi connectivity index (χ2n) is 33.1. The molecule has 110 heavy (non-hydrogen) atoms. The van der Waals surface area contributed by atoms with E-state index in [1.807, 2.05) is 0 Å². The van der Waals surface area contributed by atoms with Gasteiger partial charge >= 0.3 is 0 Å². The lowest BCUT2D eigenvalue weighted by molar-refractivity contribution is 0.500. The van der Waals surface area contributed by atoms with Crippen LogP contribution in [-0.4, -0.2) is 11.3 Å². The fourth-order valence-corrected chi connectivity index (χ4v) is 19.5. The average molecular weight is 1400 g/mol. The molecule has 2 unspecified atom stereocenters. The van der Waals surface area contributed by atoms with Gasteiger partial charge in [-0.15, -0.1) is 0 Å². The predicted molar refractivity (Wildman–Crippen MR) is 468 cm³/mol. The molecule has 3 heterocycles. The summed E-state index contributed by atoms with van der Waals surface area (Å²) >= 11 is 0. The highest BCUT2D eigenvalue weighted by atomic mass is 15.2. The summed E-state index contributed by atoms with van der Waals surface area (Å²) in [7, 11) is 0. The molecule has 2 aliphatic heterocycles. The number of para-hydroxylation sites is 4. The Morgan fingerprint density at radius 3 is 1.19 bits per heavy atom. The molecule has 0 N–H and O–H groups in total. The van der Waals surface area contributed by atoms with E-state index in [4.69, 9.17) is 0 Å². The van der Waals surface area contributed by atoms with Crippen LogP contribution in [0, 0.1) is 17.3 Å². The molecule has 520 valence electrons. The van der Waals surface area contributed by atoms with E-state index in [2.05, 4.69) is 408 Å². The van der Waals surface area contributed by atoms with Gasteiger partial charge in [-0.2, -0.15) is 0 Å². The Balaban J connectivity index is 0.870. The Bertz CT molecular complexity index is 6600. The van der Waals surface area contributed by atoms with Gasteiger partial charge in [0.05, 0.1) is 28.1 Å². The molecule has 0 saturated carbocycles. The highest BCUT2D eigenvalue weighted by molar-refractivity contribution is 7.00. The van der Waals surface area contributed by atoms with Crippen LogP contribution in [0.1, 0.15) is 52.7 Å². The Kier molecular flexibility index (Phi) is 14.1. The van der Waals surface area contributed by atoms with E-state index in [0.717, 1.165) is 101 Å². The first kappa shape index (κ1) is 64.2. The van der Waals surface area contributed by atoms with Crippen LogP contribution in [0.3, 0.4) is 0 Å². The Morgan fingerprint density at radius 2 is 0.727 bits per heavy atom. The number of fused-ring (bicyclic) bond motifs is 7. The van der Waals surface area contributed by atoms with E-state index in [1.54, 1.807) is 0 Å². The van der Waals surface area contributed by atoms with Crippen molar-refractivity contribution in [3.8, 4) is 61.3 Å². The molecule has 0 radical (unpaired) electrons. The molecule has 4 heteroatoms. The molecule has 0 amide bonds. The highest BCUT2D eigenvalue weighted by Gasteiger charge is 2.47. The number of hydrogen-bond acceptors (Lipinski definition) is 2. The maximum atomic E-state index is 2.72. The second-order valence-corrected chi connectivity index (χ2v) is 33.1. The van der Waals surface area contributed by atoms with E-state index in [1.165, 1.54) is 110 Å². The molecule has 16 aromatic rings. The van der Waals surface area contributed by atoms with Crippen molar-refractivity contribution in [2.75, 3.05) is 9.80 Å². The minimum Gasteiger partial charge on any atom is -0.310 e. The van der Waals surface area contributed by atoms with Gasteiger partial charge in [-0.3, -0.25) is 0 Å². The Morgan fingerprint density at radius 1 is 0.309 bits per heavy atom. The maximum Gasteiger partial charge on any atom is 0.252 e. The summed E-state index contributed by atoms with van der Waals surface area (Å²) < 4.78 is 2.55. The van der Waals surface area contributed by atoms with Crippen molar-refractivity contribution in [1.29, 1.82) is 0 Å². The molecular weight excluding hydrogens is 1330 g/mol. The quantitative estimate of drug-likeness (QED) is 0.105. The summed E-state index contributed by atoms with van der Waals surface area (Å²) in [5, 5.41) is 10.1. The molecule has 22 rings (SSSR count). The zero-order valence-electron chi connectivity index (χ0n) is 62.6. The molecule has 4 aliphatic carbocycles. The average Bonchev–Trinajstić information content (AvgIpc) is 0.755. The van der Waals surface area contributed by atoms with Gasteiger partial charge in [-0.25, -0.2) is 0 Å². The van der Waals surface area contributed by atoms with Crippen LogP contribution < -0.4 is 26.2 Å². The zero-order chi connectivity index (χ0) is 73.4. The fourth-order valence-electron chi connectivity index (χ4n) is 19.5. The Hall–Kier alpha value is -13.0. The molecule has 6 aliphatic rings. The number of hydrogen-bond donors (Lipinski definition) is 0. The first-order valence-corrected chi connectivity index (χ1v) is 39.0. The summed E-state index contributed by atoms with van der Waals surface area (Å²) in [5.41, 5.74) is 36.0. The maximum absolute atomic E-state index is 2.72. The molecule has 0 spiro atoms. The molecule has 2 atom stereocenters. The first-order chi connectivity index (χ1) is 53.8. The van der Waals surface area contributed by atoms with Gasteiger partial charge in [-0.1, -0.05) is 345 Å². The molecule has 15 aromatic carbocycles. The zero-order valence-corrected chi connectivity index (χ0v) is 62.6. The van der Waals surface area contributed by atoms with E-state index in [-0.39, 0.29) is 29.4 Å². The number of allylic oxidation sites excluding steroid dienone is 14. The van der Waals surface area contributed by atoms with Crippen LogP contribution in [0.4, 0.5) is 34.1 Å². The third-order valence-corrected chi connectivity index (χ3v) is 24.7. The summed E-state index contributed by atoms with van der Waals surface area (Å²) in [4.78, 5) is 5.43. The van der Waals surface area contributed by atoms with E-state index in [9.17, 15) is 0 Å². The number of rotatable bonds is 9. The monoisotopic (exact) mass is 1400 g/mol. The third-order valence-electron chi connectivity index (χ3n) is 24.7. The van der Waals surface area contributed by atoms with Gasteiger partial charge in [0, 0.05) is 67.6 Å². The summed E-state index contributed by atoms with van der Waals surface area (Å²) in [6.07, 6.45) is 19.7. The number of nitrogens with zero attached hydrogens (tertiary/aromatic N) is 3. The third kappa shape index (κ3) is 9.91. The SMILES string of the molecule is CC(C)(C)C1=CC2=CC=C3C=C(c4ccc5c(c4)N(c4c(-c6ccccc6)cccc4-c4ccccc4)c4cc(-n6c7ccccc7c7ccccc76)cc6c4B5c4ccc(-c5cc7ccc8cc(C(C)(C)C)cc9ccc(c5)c7c89)cc4N6c4c(-c5ccccc5)cccc4-c4ccccc4)C=C4C=CC(=C1)C2C34. The molecule has 0 fully saturated rings. The van der Waals surface area contributed by atoms with Gasteiger partial charge in [0.25, 0.3) is 6.71 Å². The standard InChI is InChI=1S/C106H78BN3/c1-105(2,3)81-57-75-45-41-71-53-79(54-72-42-46-76(58-81)100(75)98(71)72)69-49-51-90-94(61-69)109(103-84(65-25-11-7-12-26-65)35-23-36-85(103)66-27-13-8-14-28-66)96-63-83(108-92-39-21-19-33-88(92)89-34-20-22-40-93(89)108)64-97-102(96)107(90)91-52-50-70(80-55-73-43-47-77-59-82(106(4,5)6)60-78-48-44-74(56-80)99(73)101(77)78)62-95(91)110(97)104-86(67-29-15-9-16-30-67)37-24-38-87(104)68-31-17-10-18-32-68/h7-64,98,100H,1-6H3. The minimum absolute atomic E-state index is 0.0172. The lowest BCUT2D eigenvalue weighted by atomic mass is 9.33. The highest BCUT2D eigenvalue weighted by Crippen LogP contribution is 2.57. The van der Waals surface area contributed by atoms with Crippen molar-refractivity contribution in [3.05, 3.63) is 391 Å². The molecule has 3 nitrogen and oxygen atoms in total. The van der Waals surface area contributed by atoms with Crippen molar-refractivity contribution < 1.29 is 0 Å². The van der Waals surface area contributed by atoms with Gasteiger partial charge in [0.15, 0.2) is 0 Å². The summed E-state index contributed by atoms with van der Waals surface area (Å²) in [6.45, 7) is 13.7. The van der Waals surface area contributed by atoms with Crippen LogP contribution in [0.5, 0.6) is 0 Å². The summed E-state index contributed by atoms with van der Waals surface area (Å²) in [5.74, 6) is 0.517. The van der Waals surface area contributed by atoms with Crippen LogP contribution in [-0.2, 0) is 5.41 Å². The topological polar surface area (TPSA) is 11.4 Å². The Labute approximate surface area is 643 Å². The molecule has 0 saturated heterocycles. The second kappa shape index (κ2) is 24.2. The van der Waals surface area contributed by atoms with Crippen LogP contribution in [0.2, 0.25) is 0 Å². The van der Waals surface area contributed by atoms with Crippen molar-refractivity contribution >= 4 is 117 Å². The predicted octanol–water partition coefficient (Wildman–Crippen LogP) is 26.3. The summed E-state index contributed by atoms with van der Waals surface area (Å²) in [6, 6.07) is 116. The van der Waals surface area contributed by atoms with Gasteiger partial charge in [0.1, 0.15) is 0 Å². The van der Waals surface area contributed by atoms with Crippen molar-refractivity contribution in [2.45, 2.75) is 47.0 Å². The lowest BCUT2D eigenvalue weighted by Gasteiger charge is -2.46. The smallest absolute Gasteiger partial charge is 0.252 e. The number of anilines is 6. The molecule has 0 bridgehead atoms. The first-order valence-electron chi connectivity index (χ1n) is 39.0. The molecular formula is C106H78BN3. The number of benzene rings is 15.